The monoisotopic (exact) mass is 253 g/mol. The van der Waals surface area contributed by atoms with Crippen LogP contribution < -0.4 is 5.73 Å². The van der Waals surface area contributed by atoms with Gasteiger partial charge in [0.15, 0.2) is 0 Å². The third kappa shape index (κ3) is 3.59. The Morgan fingerprint density at radius 2 is 1.53 bits per heavy atom. The quantitative estimate of drug-likeness (QED) is 0.785. The van der Waals surface area contributed by atoms with E-state index < -0.39 is 36.9 Å². The highest BCUT2D eigenvalue weighted by Crippen LogP contribution is 2.38. The zero-order valence-corrected chi connectivity index (χ0v) is 10.6. The van der Waals surface area contributed by atoms with Crippen molar-refractivity contribution in [3.8, 4) is 0 Å². The molecule has 1 rings (SSSR count). The smallest absolute Gasteiger partial charge is 0.402 e. The molecule has 0 aliphatic carbocycles. The molecule has 1 fully saturated rings. The van der Waals surface area contributed by atoms with Gasteiger partial charge in [-0.3, -0.25) is 0 Å². The number of nitrogens with two attached hydrogens (primary N) is 1. The van der Waals surface area contributed by atoms with E-state index in [1.165, 1.54) is 0 Å². The molecule has 2 N–H and O–H groups in total. The highest BCUT2D eigenvalue weighted by atomic mass is 19.4. The van der Waals surface area contributed by atoms with E-state index in [-0.39, 0.29) is 6.42 Å². The van der Waals surface area contributed by atoms with Gasteiger partial charge in [0.2, 0.25) is 0 Å². The Morgan fingerprint density at radius 3 is 1.88 bits per heavy atom. The molecule has 0 amide bonds. The van der Waals surface area contributed by atoms with Crippen LogP contribution in [0.25, 0.3) is 0 Å². The van der Waals surface area contributed by atoms with Crippen LogP contribution in [0.4, 0.5) is 13.2 Å². The molecule has 17 heavy (non-hydrogen) atoms. The molecule has 0 aromatic rings. The average Bonchev–Trinajstić information content (AvgIpc) is 2.31. The van der Waals surface area contributed by atoms with Crippen LogP contribution in [0.1, 0.15) is 40.5 Å². The Kier molecular flexibility index (Phi) is 3.87. The van der Waals surface area contributed by atoms with Gasteiger partial charge in [0.1, 0.15) is 0 Å². The van der Waals surface area contributed by atoms with Crippen LogP contribution in [0.2, 0.25) is 0 Å². The molecule has 7 heteroatoms. The maximum absolute atomic E-state index is 12.1. The molecule has 1 aliphatic rings. The van der Waals surface area contributed by atoms with Crippen LogP contribution in [0, 0.1) is 0 Å². The van der Waals surface area contributed by atoms with Crippen molar-refractivity contribution in [2.45, 2.75) is 63.9 Å². The lowest BCUT2D eigenvalue weighted by Crippen LogP contribution is -2.42. The summed E-state index contributed by atoms with van der Waals surface area (Å²) in [6.45, 7) is 7.35. The second-order valence-electron chi connectivity index (χ2n) is 5.44. The summed E-state index contributed by atoms with van der Waals surface area (Å²) in [6.07, 6.45) is -5.31. The van der Waals surface area contributed by atoms with Gasteiger partial charge in [-0.1, -0.05) is 0 Å². The van der Waals surface area contributed by atoms with E-state index >= 15 is 0 Å². The summed E-state index contributed by atoms with van der Waals surface area (Å²) < 4.78 is 47.4. The van der Waals surface area contributed by atoms with Crippen LogP contribution in [0.3, 0.4) is 0 Å². The predicted molar refractivity (Wildman–Crippen MR) is 59.3 cm³/mol. The first-order valence-electron chi connectivity index (χ1n) is 5.63. The van der Waals surface area contributed by atoms with Crippen LogP contribution in [-0.4, -0.2) is 30.4 Å². The molecular formula is C10H19BF3NO2. The second-order valence-corrected chi connectivity index (χ2v) is 5.44. The molecule has 0 aromatic carbocycles. The standard InChI is InChI=1S/C10H19BF3NO2/c1-8(2)9(3,4)17-11(16-8)7(15)5-6-10(12,13)14/h7H,5-6,15H2,1-4H3. The van der Waals surface area contributed by atoms with E-state index in [1.54, 1.807) is 0 Å². The largest absolute Gasteiger partial charge is 0.475 e. The minimum Gasteiger partial charge on any atom is -0.402 e. The molecule has 0 spiro atoms. The molecule has 0 bridgehead atoms. The van der Waals surface area contributed by atoms with Crippen LogP contribution in [-0.2, 0) is 9.31 Å². The molecule has 1 aliphatic heterocycles. The summed E-state index contributed by atoms with van der Waals surface area (Å²) in [5.74, 6) is -0.766. The summed E-state index contributed by atoms with van der Waals surface area (Å²) in [6, 6.07) is 0. The Balaban J connectivity index is 2.54. The van der Waals surface area contributed by atoms with Gasteiger partial charge in [0.05, 0.1) is 11.2 Å². The fraction of sp³-hybridized carbons (Fsp3) is 1.00. The minimum absolute atomic E-state index is 0.194. The summed E-state index contributed by atoms with van der Waals surface area (Å²) in [5.41, 5.74) is 4.55. The maximum Gasteiger partial charge on any atom is 0.475 e. The van der Waals surface area contributed by atoms with Crippen LogP contribution >= 0.6 is 0 Å². The molecule has 1 saturated heterocycles. The number of hydrogen-bond acceptors (Lipinski definition) is 3. The lowest BCUT2D eigenvalue weighted by Gasteiger charge is -2.32. The van der Waals surface area contributed by atoms with Gasteiger partial charge in [0.25, 0.3) is 0 Å². The first-order valence-corrected chi connectivity index (χ1v) is 5.63. The molecule has 1 atom stereocenters. The van der Waals surface area contributed by atoms with E-state index in [1.807, 2.05) is 27.7 Å². The molecule has 0 radical (unpaired) electrons. The van der Waals surface area contributed by atoms with E-state index in [2.05, 4.69) is 0 Å². The fourth-order valence-corrected chi connectivity index (χ4v) is 1.53. The second kappa shape index (κ2) is 4.44. The van der Waals surface area contributed by atoms with Crippen LogP contribution in [0.15, 0.2) is 0 Å². The minimum atomic E-state index is -4.19. The molecular weight excluding hydrogens is 234 g/mol. The predicted octanol–water partition coefficient (Wildman–Crippen LogP) is 2.29. The highest BCUT2D eigenvalue weighted by Gasteiger charge is 2.53. The fourth-order valence-electron chi connectivity index (χ4n) is 1.53. The molecule has 1 heterocycles. The molecule has 0 aromatic heterocycles. The normalized spacial score (nSPS) is 25.1. The Hall–Kier alpha value is -0.265. The Labute approximate surface area is 100.0 Å². The average molecular weight is 253 g/mol. The van der Waals surface area contributed by atoms with Gasteiger partial charge in [-0.2, -0.15) is 13.2 Å². The highest BCUT2D eigenvalue weighted by molar-refractivity contribution is 6.47. The van der Waals surface area contributed by atoms with Crippen molar-refractivity contribution in [3.63, 3.8) is 0 Å². The Bertz CT molecular complexity index is 265. The van der Waals surface area contributed by atoms with Gasteiger partial charge in [-0.25, -0.2) is 0 Å². The maximum atomic E-state index is 12.1. The molecule has 3 nitrogen and oxygen atoms in total. The number of rotatable bonds is 3. The van der Waals surface area contributed by atoms with Crippen molar-refractivity contribution >= 4 is 7.12 Å². The van der Waals surface area contributed by atoms with E-state index in [9.17, 15) is 13.2 Å². The summed E-state index contributed by atoms with van der Waals surface area (Å²) in [7, 11) is -0.776. The zero-order chi connectivity index (χ0) is 13.5. The SMILES string of the molecule is CC1(C)OB(C(N)CCC(F)(F)F)OC1(C)C. The zero-order valence-electron chi connectivity index (χ0n) is 10.6. The lowest BCUT2D eigenvalue weighted by atomic mass is 9.76. The number of alkyl halides is 3. The third-order valence-corrected chi connectivity index (χ3v) is 3.38. The van der Waals surface area contributed by atoms with Gasteiger partial charge in [-0.05, 0) is 34.1 Å². The first kappa shape index (κ1) is 14.8. The lowest BCUT2D eigenvalue weighted by molar-refractivity contribution is -0.135. The van der Waals surface area contributed by atoms with E-state index in [4.69, 9.17) is 15.0 Å². The Morgan fingerprint density at radius 1 is 1.12 bits per heavy atom. The third-order valence-electron chi connectivity index (χ3n) is 3.38. The van der Waals surface area contributed by atoms with E-state index in [0.29, 0.717) is 0 Å². The van der Waals surface area contributed by atoms with Gasteiger partial charge < -0.3 is 15.0 Å². The topological polar surface area (TPSA) is 44.5 Å². The summed E-state index contributed by atoms with van der Waals surface area (Å²) in [4.78, 5) is 0. The van der Waals surface area contributed by atoms with Crippen molar-refractivity contribution in [2.24, 2.45) is 5.73 Å². The van der Waals surface area contributed by atoms with E-state index in [0.717, 1.165) is 0 Å². The van der Waals surface area contributed by atoms with Crippen molar-refractivity contribution in [2.75, 3.05) is 0 Å². The van der Waals surface area contributed by atoms with Gasteiger partial charge in [0, 0.05) is 12.4 Å². The summed E-state index contributed by atoms with van der Waals surface area (Å²) >= 11 is 0. The number of halogens is 3. The van der Waals surface area contributed by atoms with Crippen molar-refractivity contribution in [1.29, 1.82) is 0 Å². The van der Waals surface area contributed by atoms with Gasteiger partial charge >= 0.3 is 13.3 Å². The number of hydrogen-bond donors (Lipinski definition) is 1. The van der Waals surface area contributed by atoms with Crippen molar-refractivity contribution in [3.05, 3.63) is 0 Å². The van der Waals surface area contributed by atoms with Crippen molar-refractivity contribution < 1.29 is 22.5 Å². The first-order chi connectivity index (χ1) is 7.45. The molecule has 1 unspecified atom stereocenters. The molecule has 0 saturated carbocycles. The van der Waals surface area contributed by atoms with Gasteiger partial charge in [-0.15, -0.1) is 0 Å². The molecule has 100 valence electrons. The van der Waals surface area contributed by atoms with Crippen molar-refractivity contribution in [1.82, 2.24) is 0 Å². The van der Waals surface area contributed by atoms with Crippen LogP contribution in [0.5, 0.6) is 0 Å². The summed E-state index contributed by atoms with van der Waals surface area (Å²) in [5, 5.41) is 0.